The minimum atomic E-state index is 0.764. The first-order chi connectivity index (χ1) is 5.34. The highest BCUT2D eigenvalue weighted by atomic mass is 15.1. The largest absolute Gasteiger partial charge is 0.303 e. The van der Waals surface area contributed by atoms with Crippen molar-refractivity contribution in [3.63, 3.8) is 0 Å². The van der Waals surface area contributed by atoms with Crippen LogP contribution in [0.1, 0.15) is 32.1 Å². The van der Waals surface area contributed by atoms with Crippen LogP contribution in [0.15, 0.2) is 0 Å². The van der Waals surface area contributed by atoms with Gasteiger partial charge in [0, 0.05) is 12.5 Å². The van der Waals surface area contributed by atoms with Gasteiger partial charge in [-0.2, -0.15) is 0 Å². The van der Waals surface area contributed by atoms with Gasteiger partial charge in [-0.25, -0.2) is 0 Å². The third-order valence-electron chi connectivity index (χ3n) is 2.54. The quantitative estimate of drug-likeness (QED) is 0.545. The van der Waals surface area contributed by atoms with E-state index in [4.69, 9.17) is 6.42 Å². The van der Waals surface area contributed by atoms with Gasteiger partial charge < -0.3 is 4.90 Å². The molecule has 0 spiro atoms. The molecule has 1 atom stereocenters. The Labute approximate surface area is 69.8 Å². The third kappa shape index (κ3) is 2.55. The summed E-state index contributed by atoms with van der Waals surface area (Å²) in [6, 6.07) is 0.764. The van der Waals surface area contributed by atoms with Gasteiger partial charge in [-0.1, -0.05) is 6.42 Å². The lowest BCUT2D eigenvalue weighted by molar-refractivity contribution is 0.178. The highest BCUT2D eigenvalue weighted by molar-refractivity contribution is 4.86. The summed E-state index contributed by atoms with van der Waals surface area (Å²) in [6.45, 7) is 1.26. The van der Waals surface area contributed by atoms with Crippen LogP contribution in [0.4, 0.5) is 0 Å². The van der Waals surface area contributed by atoms with Crippen molar-refractivity contribution < 1.29 is 0 Å². The Kier molecular flexibility index (Phi) is 3.45. The first-order valence-electron chi connectivity index (χ1n) is 4.48. The van der Waals surface area contributed by atoms with Crippen LogP contribution >= 0.6 is 0 Å². The summed E-state index contributed by atoms with van der Waals surface area (Å²) in [7, 11) is 2.21. The van der Waals surface area contributed by atoms with E-state index in [0.717, 1.165) is 12.5 Å². The van der Waals surface area contributed by atoms with E-state index in [9.17, 15) is 0 Å². The molecule has 0 aromatic carbocycles. The molecule has 0 aromatic rings. The van der Waals surface area contributed by atoms with Crippen LogP contribution < -0.4 is 0 Å². The molecule has 1 rings (SSSR count). The van der Waals surface area contributed by atoms with Crippen LogP contribution in [0.25, 0.3) is 0 Å². The summed E-state index contributed by atoms with van der Waals surface area (Å²) in [5, 5.41) is 0. The average molecular weight is 151 g/mol. The second-order valence-electron chi connectivity index (χ2n) is 3.37. The fourth-order valence-electron chi connectivity index (χ4n) is 1.76. The number of hydrogen-bond acceptors (Lipinski definition) is 1. The maximum atomic E-state index is 5.22. The molecule has 1 heteroatoms. The Hall–Kier alpha value is -0.480. The van der Waals surface area contributed by atoms with E-state index in [1.165, 1.54) is 32.2 Å². The molecule has 0 radical (unpaired) electrons. The molecule has 0 aliphatic carbocycles. The summed E-state index contributed by atoms with van der Waals surface area (Å²) < 4.78 is 0. The molecule has 1 nitrogen and oxygen atoms in total. The molecule has 1 heterocycles. The molecule has 11 heavy (non-hydrogen) atoms. The van der Waals surface area contributed by atoms with Gasteiger partial charge in [-0.15, -0.1) is 12.3 Å². The second kappa shape index (κ2) is 4.41. The number of nitrogens with zero attached hydrogens (tertiary/aromatic N) is 1. The normalized spacial score (nSPS) is 26.4. The van der Waals surface area contributed by atoms with E-state index >= 15 is 0 Å². The average Bonchev–Trinajstić information content (AvgIpc) is 2.03. The van der Waals surface area contributed by atoms with Crippen molar-refractivity contribution in [1.29, 1.82) is 0 Å². The van der Waals surface area contributed by atoms with Crippen molar-refractivity contribution in [3.8, 4) is 12.3 Å². The van der Waals surface area contributed by atoms with E-state index in [-0.39, 0.29) is 0 Å². The molecule has 1 unspecified atom stereocenters. The predicted octanol–water partition coefficient (Wildman–Crippen LogP) is 1.88. The maximum absolute atomic E-state index is 5.22. The van der Waals surface area contributed by atoms with E-state index < -0.39 is 0 Å². The van der Waals surface area contributed by atoms with Gasteiger partial charge in [0.15, 0.2) is 0 Å². The second-order valence-corrected chi connectivity index (χ2v) is 3.37. The van der Waals surface area contributed by atoms with Crippen LogP contribution in [-0.2, 0) is 0 Å². The highest BCUT2D eigenvalue weighted by Gasteiger charge is 2.17. The topological polar surface area (TPSA) is 3.24 Å². The van der Waals surface area contributed by atoms with Crippen molar-refractivity contribution in [2.75, 3.05) is 13.6 Å². The summed E-state index contributed by atoms with van der Waals surface area (Å²) >= 11 is 0. The zero-order valence-corrected chi connectivity index (χ0v) is 7.34. The van der Waals surface area contributed by atoms with Gasteiger partial charge >= 0.3 is 0 Å². The van der Waals surface area contributed by atoms with Crippen molar-refractivity contribution in [1.82, 2.24) is 4.90 Å². The van der Waals surface area contributed by atoms with Crippen molar-refractivity contribution >= 4 is 0 Å². The van der Waals surface area contributed by atoms with Crippen molar-refractivity contribution in [2.24, 2.45) is 0 Å². The van der Waals surface area contributed by atoms with E-state index in [1.54, 1.807) is 0 Å². The molecule has 0 saturated carbocycles. The Morgan fingerprint density at radius 3 is 3.00 bits per heavy atom. The molecule has 0 amide bonds. The van der Waals surface area contributed by atoms with Crippen LogP contribution in [0.2, 0.25) is 0 Å². The fraction of sp³-hybridized carbons (Fsp3) is 0.800. The number of rotatable bonds is 2. The minimum Gasteiger partial charge on any atom is -0.303 e. The predicted molar refractivity (Wildman–Crippen MR) is 48.3 cm³/mol. The number of piperidine rings is 1. The number of terminal acetylenes is 1. The van der Waals surface area contributed by atoms with Crippen molar-refractivity contribution in [3.05, 3.63) is 0 Å². The van der Waals surface area contributed by atoms with E-state index in [1.807, 2.05) is 0 Å². The summed E-state index contributed by atoms with van der Waals surface area (Å²) in [5.74, 6) is 2.71. The molecular weight excluding hydrogens is 134 g/mol. The molecule has 0 bridgehead atoms. The van der Waals surface area contributed by atoms with Gasteiger partial charge in [0.1, 0.15) is 0 Å². The number of hydrogen-bond donors (Lipinski definition) is 0. The molecule has 62 valence electrons. The summed E-state index contributed by atoms with van der Waals surface area (Å²) in [5.41, 5.74) is 0. The third-order valence-corrected chi connectivity index (χ3v) is 2.54. The van der Waals surface area contributed by atoms with Crippen LogP contribution in [0, 0.1) is 12.3 Å². The smallest absolute Gasteiger partial charge is 0.0101 e. The van der Waals surface area contributed by atoms with Gasteiger partial charge in [-0.3, -0.25) is 0 Å². The lowest BCUT2D eigenvalue weighted by atomic mass is 9.99. The molecule has 1 saturated heterocycles. The summed E-state index contributed by atoms with van der Waals surface area (Å²) in [6.07, 6.45) is 11.4. The molecule has 1 aliphatic heterocycles. The van der Waals surface area contributed by atoms with Gasteiger partial charge in [-0.05, 0) is 32.9 Å². The standard InChI is InChI=1S/C10H17N/c1-3-4-7-10-8-5-6-9-11(10)2/h1,10H,4-9H2,2H3. The number of likely N-dealkylation sites (tertiary alicyclic amines) is 1. The van der Waals surface area contributed by atoms with Gasteiger partial charge in [0.05, 0.1) is 0 Å². The van der Waals surface area contributed by atoms with E-state index in [0.29, 0.717) is 0 Å². The SMILES string of the molecule is C#CCCC1CCCCN1C. The maximum Gasteiger partial charge on any atom is 0.0101 e. The fourth-order valence-corrected chi connectivity index (χ4v) is 1.76. The lowest BCUT2D eigenvalue weighted by Gasteiger charge is -2.31. The first-order valence-corrected chi connectivity index (χ1v) is 4.48. The Morgan fingerprint density at radius 2 is 2.36 bits per heavy atom. The molecule has 1 fully saturated rings. The van der Waals surface area contributed by atoms with Gasteiger partial charge in [0.25, 0.3) is 0 Å². The molecule has 1 aliphatic rings. The Morgan fingerprint density at radius 1 is 1.55 bits per heavy atom. The monoisotopic (exact) mass is 151 g/mol. The zero-order chi connectivity index (χ0) is 8.10. The zero-order valence-electron chi connectivity index (χ0n) is 7.34. The van der Waals surface area contributed by atoms with E-state index in [2.05, 4.69) is 17.9 Å². The first kappa shape index (κ1) is 8.62. The van der Waals surface area contributed by atoms with Gasteiger partial charge in [0.2, 0.25) is 0 Å². The van der Waals surface area contributed by atoms with Crippen LogP contribution in [-0.4, -0.2) is 24.5 Å². The molecular formula is C10H17N. The molecule has 0 N–H and O–H groups in total. The minimum absolute atomic E-state index is 0.764. The van der Waals surface area contributed by atoms with Crippen LogP contribution in [0.3, 0.4) is 0 Å². The lowest BCUT2D eigenvalue weighted by Crippen LogP contribution is -2.35. The Bertz CT molecular complexity index is 145. The van der Waals surface area contributed by atoms with Crippen molar-refractivity contribution in [2.45, 2.75) is 38.1 Å². The van der Waals surface area contributed by atoms with Crippen LogP contribution in [0.5, 0.6) is 0 Å². The Balaban J connectivity index is 2.25. The summed E-state index contributed by atoms with van der Waals surface area (Å²) in [4.78, 5) is 2.45. The highest BCUT2D eigenvalue weighted by Crippen LogP contribution is 2.18. The molecule has 0 aromatic heterocycles.